The smallest absolute Gasteiger partial charge is 0.255 e. The van der Waals surface area contributed by atoms with Crippen molar-refractivity contribution in [1.29, 1.82) is 0 Å². The zero-order valence-corrected chi connectivity index (χ0v) is 17.3. The van der Waals surface area contributed by atoms with E-state index in [1.165, 1.54) is 28.2 Å². The second-order valence-electron chi connectivity index (χ2n) is 6.99. The van der Waals surface area contributed by atoms with Gasteiger partial charge in [0.05, 0.1) is 16.3 Å². The van der Waals surface area contributed by atoms with Crippen LogP contribution in [0.25, 0.3) is 0 Å². The van der Waals surface area contributed by atoms with Gasteiger partial charge in [0.25, 0.3) is 5.91 Å². The molecule has 2 aliphatic heterocycles. The first-order valence-corrected chi connectivity index (χ1v) is 11.8. The van der Waals surface area contributed by atoms with Crippen LogP contribution in [0.2, 0.25) is 0 Å². The van der Waals surface area contributed by atoms with Crippen LogP contribution < -0.4 is 10.6 Å². The Morgan fingerprint density at radius 2 is 1.76 bits per heavy atom. The van der Waals surface area contributed by atoms with Crippen LogP contribution in [0.3, 0.4) is 0 Å². The maximum Gasteiger partial charge on any atom is 0.255 e. The molecule has 29 heavy (non-hydrogen) atoms. The Hall–Kier alpha value is -2.36. The molecule has 0 spiro atoms. The van der Waals surface area contributed by atoms with Crippen molar-refractivity contribution in [2.24, 2.45) is 0 Å². The zero-order chi connectivity index (χ0) is 20.4. The molecule has 2 aromatic carbocycles. The van der Waals surface area contributed by atoms with Gasteiger partial charge in [0.1, 0.15) is 0 Å². The lowest BCUT2D eigenvalue weighted by Crippen LogP contribution is -2.35. The molecular formula is C20H21N3O4S2. The molecule has 0 atom stereocenters. The standard InChI is InChI=1S/C20H21N3O4S2/c24-19-13-28-18-9-4-14(12-17(18)22-19)20(25)21-15-5-7-16(8-6-15)29(26,27)23-10-2-1-3-11-23/h4-9,12H,1-3,10-11,13H2,(H,21,25)(H,22,24). The molecule has 0 saturated carbocycles. The van der Waals surface area contributed by atoms with E-state index in [0.717, 1.165) is 24.2 Å². The molecule has 2 N–H and O–H groups in total. The van der Waals surface area contributed by atoms with E-state index in [0.29, 0.717) is 35.8 Å². The largest absolute Gasteiger partial charge is 0.324 e. The summed E-state index contributed by atoms with van der Waals surface area (Å²) in [7, 11) is -3.50. The second kappa shape index (κ2) is 8.17. The summed E-state index contributed by atoms with van der Waals surface area (Å²) in [6.07, 6.45) is 2.82. The molecule has 7 nitrogen and oxygen atoms in total. The summed E-state index contributed by atoms with van der Waals surface area (Å²) < 4.78 is 26.9. The lowest BCUT2D eigenvalue weighted by molar-refractivity contribution is -0.113. The Kier molecular flexibility index (Phi) is 5.62. The first kappa shape index (κ1) is 19.9. The minimum atomic E-state index is -3.50. The van der Waals surface area contributed by atoms with Crippen molar-refractivity contribution < 1.29 is 18.0 Å². The van der Waals surface area contributed by atoms with Crippen molar-refractivity contribution >= 4 is 45.0 Å². The number of sulfonamides is 1. The van der Waals surface area contributed by atoms with Crippen LogP contribution in [0, 0.1) is 0 Å². The summed E-state index contributed by atoms with van der Waals surface area (Å²) in [6.45, 7) is 1.10. The summed E-state index contributed by atoms with van der Waals surface area (Å²) >= 11 is 1.43. The van der Waals surface area contributed by atoms with Crippen molar-refractivity contribution in [3.8, 4) is 0 Å². The Labute approximate surface area is 173 Å². The maximum atomic E-state index is 12.7. The molecule has 2 aliphatic rings. The van der Waals surface area contributed by atoms with Gasteiger partial charge in [0.15, 0.2) is 0 Å². The topological polar surface area (TPSA) is 95.6 Å². The molecule has 0 radical (unpaired) electrons. The minimum Gasteiger partial charge on any atom is -0.324 e. The quantitative estimate of drug-likeness (QED) is 0.775. The average molecular weight is 432 g/mol. The fourth-order valence-corrected chi connectivity index (χ4v) is 5.70. The zero-order valence-electron chi connectivity index (χ0n) is 15.7. The Morgan fingerprint density at radius 1 is 1.03 bits per heavy atom. The molecule has 9 heteroatoms. The number of carbonyl (C=O) groups is 2. The van der Waals surface area contributed by atoms with Gasteiger partial charge in [0, 0.05) is 29.2 Å². The number of fused-ring (bicyclic) bond motifs is 1. The van der Waals surface area contributed by atoms with Gasteiger partial charge in [-0.2, -0.15) is 4.31 Å². The summed E-state index contributed by atoms with van der Waals surface area (Å²) in [6, 6.07) is 11.4. The van der Waals surface area contributed by atoms with Crippen LogP contribution in [0.15, 0.2) is 52.3 Å². The molecular weight excluding hydrogens is 410 g/mol. The van der Waals surface area contributed by atoms with Gasteiger partial charge < -0.3 is 10.6 Å². The monoisotopic (exact) mass is 431 g/mol. The lowest BCUT2D eigenvalue weighted by atomic mass is 10.1. The van der Waals surface area contributed by atoms with E-state index < -0.39 is 10.0 Å². The number of benzene rings is 2. The molecule has 0 aliphatic carbocycles. The number of rotatable bonds is 4. The number of nitrogens with zero attached hydrogens (tertiary/aromatic N) is 1. The van der Waals surface area contributed by atoms with E-state index in [-0.39, 0.29) is 16.7 Å². The lowest BCUT2D eigenvalue weighted by Gasteiger charge is -2.25. The van der Waals surface area contributed by atoms with Gasteiger partial charge in [-0.05, 0) is 55.3 Å². The first-order valence-electron chi connectivity index (χ1n) is 9.42. The fraction of sp³-hybridized carbons (Fsp3) is 0.300. The SMILES string of the molecule is O=C1CSc2ccc(C(=O)Nc3ccc(S(=O)(=O)N4CCCCC4)cc3)cc2N1. The number of amides is 2. The van der Waals surface area contributed by atoms with E-state index in [1.807, 2.05) is 6.07 Å². The van der Waals surface area contributed by atoms with Gasteiger partial charge >= 0.3 is 0 Å². The van der Waals surface area contributed by atoms with Gasteiger partial charge in [-0.15, -0.1) is 11.8 Å². The fourth-order valence-electron chi connectivity index (χ4n) is 3.39. The predicted molar refractivity (Wildman–Crippen MR) is 113 cm³/mol. The van der Waals surface area contributed by atoms with Crippen LogP contribution in [0.1, 0.15) is 29.6 Å². The highest BCUT2D eigenvalue weighted by Crippen LogP contribution is 2.32. The van der Waals surface area contributed by atoms with E-state index in [9.17, 15) is 18.0 Å². The van der Waals surface area contributed by atoms with Crippen LogP contribution in [-0.2, 0) is 14.8 Å². The predicted octanol–water partition coefficient (Wildman–Crippen LogP) is 3.16. The van der Waals surface area contributed by atoms with Crippen molar-refractivity contribution in [1.82, 2.24) is 4.31 Å². The highest BCUT2D eigenvalue weighted by Gasteiger charge is 2.25. The Balaban J connectivity index is 1.47. The number of hydrogen-bond acceptors (Lipinski definition) is 5. The van der Waals surface area contributed by atoms with Gasteiger partial charge in [-0.1, -0.05) is 6.42 Å². The van der Waals surface area contributed by atoms with Crippen LogP contribution in [0.4, 0.5) is 11.4 Å². The Morgan fingerprint density at radius 3 is 2.48 bits per heavy atom. The third-order valence-corrected chi connectivity index (χ3v) is 7.93. The van der Waals surface area contributed by atoms with E-state index in [2.05, 4.69) is 10.6 Å². The van der Waals surface area contributed by atoms with Crippen molar-refractivity contribution in [2.75, 3.05) is 29.5 Å². The number of carbonyl (C=O) groups excluding carboxylic acids is 2. The van der Waals surface area contributed by atoms with Gasteiger partial charge in [-0.3, -0.25) is 9.59 Å². The van der Waals surface area contributed by atoms with Crippen LogP contribution in [0.5, 0.6) is 0 Å². The third-order valence-electron chi connectivity index (χ3n) is 4.94. The third kappa shape index (κ3) is 4.31. The molecule has 1 saturated heterocycles. The molecule has 4 rings (SSSR count). The highest BCUT2D eigenvalue weighted by molar-refractivity contribution is 8.00. The summed E-state index contributed by atoms with van der Waals surface area (Å²) in [4.78, 5) is 25.2. The van der Waals surface area contributed by atoms with Crippen LogP contribution in [-0.4, -0.2) is 43.4 Å². The normalized spacial score (nSPS) is 17.3. The number of hydrogen-bond donors (Lipinski definition) is 2. The molecule has 0 unspecified atom stereocenters. The van der Waals surface area contributed by atoms with E-state index in [1.54, 1.807) is 24.3 Å². The summed E-state index contributed by atoms with van der Waals surface area (Å²) in [5, 5.41) is 5.53. The number of anilines is 2. The summed E-state index contributed by atoms with van der Waals surface area (Å²) in [5.41, 5.74) is 1.54. The highest BCUT2D eigenvalue weighted by atomic mass is 32.2. The molecule has 152 valence electrons. The molecule has 2 heterocycles. The van der Waals surface area contributed by atoms with E-state index in [4.69, 9.17) is 0 Å². The second-order valence-corrected chi connectivity index (χ2v) is 9.95. The van der Waals surface area contributed by atoms with E-state index >= 15 is 0 Å². The molecule has 0 aromatic heterocycles. The first-order chi connectivity index (χ1) is 13.9. The number of nitrogens with one attached hydrogen (secondary N) is 2. The minimum absolute atomic E-state index is 0.0921. The van der Waals surface area contributed by atoms with Crippen LogP contribution >= 0.6 is 11.8 Å². The number of thioether (sulfide) groups is 1. The Bertz CT molecular complexity index is 1050. The molecule has 2 aromatic rings. The van der Waals surface area contributed by atoms with Crippen molar-refractivity contribution in [3.05, 3.63) is 48.0 Å². The number of piperidine rings is 1. The van der Waals surface area contributed by atoms with Crippen molar-refractivity contribution in [3.63, 3.8) is 0 Å². The maximum absolute atomic E-state index is 12.7. The van der Waals surface area contributed by atoms with Gasteiger partial charge in [-0.25, -0.2) is 8.42 Å². The van der Waals surface area contributed by atoms with Gasteiger partial charge in [0.2, 0.25) is 15.9 Å². The molecule has 2 amide bonds. The van der Waals surface area contributed by atoms with Crippen molar-refractivity contribution in [2.45, 2.75) is 29.1 Å². The summed E-state index contributed by atoms with van der Waals surface area (Å²) in [5.74, 6) is -0.0552. The molecule has 1 fully saturated rings. The molecule has 0 bridgehead atoms. The average Bonchev–Trinajstić information content (AvgIpc) is 2.74.